The highest BCUT2D eigenvalue weighted by Gasteiger charge is 2.13. The molecule has 4 rings (SSSR count). The maximum absolute atomic E-state index is 12.0. The minimum Gasteiger partial charge on any atom is -0.481 e. The topological polar surface area (TPSA) is 69.7 Å². The minimum atomic E-state index is -0.203. The van der Waals surface area contributed by atoms with E-state index >= 15 is 0 Å². The van der Waals surface area contributed by atoms with Gasteiger partial charge in [-0.1, -0.05) is 24.3 Å². The van der Waals surface area contributed by atoms with Gasteiger partial charge >= 0.3 is 0 Å². The number of aromatic nitrogens is 1. The molecule has 1 N–H and O–H groups in total. The van der Waals surface area contributed by atoms with Gasteiger partial charge in [0.25, 0.3) is 5.91 Å². The molecule has 126 valence electrons. The molecule has 6 heteroatoms. The highest BCUT2D eigenvalue weighted by molar-refractivity contribution is 5.85. The maximum Gasteiger partial charge on any atom is 0.258 e. The van der Waals surface area contributed by atoms with Gasteiger partial charge in [-0.25, -0.2) is 0 Å². The van der Waals surface area contributed by atoms with E-state index in [1.165, 1.54) is 0 Å². The molecule has 0 fully saturated rings. The van der Waals surface area contributed by atoms with Crippen LogP contribution in [0.2, 0.25) is 0 Å². The number of nitrogens with one attached hydrogen (secondary N) is 1. The van der Waals surface area contributed by atoms with Gasteiger partial charge in [-0.05, 0) is 29.8 Å². The first-order valence-electron chi connectivity index (χ1n) is 7.91. The van der Waals surface area contributed by atoms with Crippen molar-refractivity contribution < 1.29 is 19.0 Å². The largest absolute Gasteiger partial charge is 0.481 e. The zero-order valence-electron chi connectivity index (χ0n) is 13.4. The van der Waals surface area contributed by atoms with Crippen molar-refractivity contribution in [3.63, 3.8) is 0 Å². The van der Waals surface area contributed by atoms with Crippen LogP contribution in [0, 0.1) is 0 Å². The molecule has 3 aromatic rings. The van der Waals surface area contributed by atoms with Gasteiger partial charge in [0, 0.05) is 18.1 Å². The normalized spacial score (nSPS) is 12.2. The average molecular weight is 336 g/mol. The maximum atomic E-state index is 12.0. The lowest BCUT2D eigenvalue weighted by Crippen LogP contribution is -2.28. The Balaban J connectivity index is 1.35. The smallest absolute Gasteiger partial charge is 0.258 e. The first kappa shape index (κ1) is 15.3. The summed E-state index contributed by atoms with van der Waals surface area (Å²) in [5.41, 5.74) is 1.68. The molecule has 6 nitrogen and oxygen atoms in total. The molecule has 1 amide bonds. The Morgan fingerprint density at radius 1 is 1.12 bits per heavy atom. The first-order valence-corrected chi connectivity index (χ1v) is 7.91. The molecule has 0 radical (unpaired) electrons. The third-order valence-corrected chi connectivity index (χ3v) is 3.88. The summed E-state index contributed by atoms with van der Waals surface area (Å²) in [4.78, 5) is 16.4. The van der Waals surface area contributed by atoms with E-state index in [9.17, 15) is 4.79 Å². The molecule has 2 aromatic carbocycles. The molecular weight excluding hydrogens is 320 g/mol. The molecule has 0 bridgehead atoms. The Labute approximate surface area is 144 Å². The molecular formula is C19H16N2O4. The van der Waals surface area contributed by atoms with Gasteiger partial charge in [0.2, 0.25) is 6.79 Å². The molecule has 0 saturated carbocycles. The van der Waals surface area contributed by atoms with Crippen LogP contribution in [0.25, 0.3) is 10.9 Å². The van der Waals surface area contributed by atoms with Crippen LogP contribution in [0.15, 0.2) is 54.7 Å². The number of pyridine rings is 1. The number of para-hydroxylation sites is 1. The highest BCUT2D eigenvalue weighted by atomic mass is 16.7. The van der Waals surface area contributed by atoms with Crippen LogP contribution in [-0.2, 0) is 11.3 Å². The number of fused-ring (bicyclic) bond motifs is 2. The van der Waals surface area contributed by atoms with E-state index in [0.717, 1.165) is 22.2 Å². The number of hydrogen-bond acceptors (Lipinski definition) is 5. The average Bonchev–Trinajstić information content (AvgIpc) is 3.12. The number of benzene rings is 2. The number of carbonyl (C=O) groups is 1. The van der Waals surface area contributed by atoms with Crippen LogP contribution in [0.4, 0.5) is 0 Å². The van der Waals surface area contributed by atoms with Crippen molar-refractivity contribution in [2.45, 2.75) is 6.54 Å². The van der Waals surface area contributed by atoms with Crippen molar-refractivity contribution in [2.24, 2.45) is 0 Å². The van der Waals surface area contributed by atoms with Gasteiger partial charge in [0.05, 0.1) is 0 Å². The van der Waals surface area contributed by atoms with Gasteiger partial charge in [-0.3, -0.25) is 9.78 Å². The van der Waals surface area contributed by atoms with Crippen LogP contribution in [-0.4, -0.2) is 24.3 Å². The van der Waals surface area contributed by atoms with E-state index in [1.54, 1.807) is 12.3 Å². The molecule has 1 aliphatic rings. The standard InChI is InChI=1S/C19H16N2O4/c22-18(21-10-13-6-7-15-17(9-13)25-12-24-15)11-23-16-5-1-3-14-4-2-8-20-19(14)16/h1-9H,10-12H2,(H,21,22). The molecule has 1 aliphatic heterocycles. The lowest BCUT2D eigenvalue weighted by atomic mass is 10.2. The Bertz CT molecular complexity index is 921. The summed E-state index contributed by atoms with van der Waals surface area (Å²) in [5.74, 6) is 1.81. The second kappa shape index (κ2) is 6.68. The Hall–Kier alpha value is -3.28. The number of hydrogen-bond donors (Lipinski definition) is 1. The Kier molecular flexibility index (Phi) is 4.08. The summed E-state index contributed by atoms with van der Waals surface area (Å²) in [6, 6.07) is 15.0. The second-order valence-electron chi connectivity index (χ2n) is 5.58. The highest BCUT2D eigenvalue weighted by Crippen LogP contribution is 2.32. The van der Waals surface area contributed by atoms with Gasteiger partial charge in [-0.2, -0.15) is 0 Å². The van der Waals surface area contributed by atoms with Gasteiger partial charge in [0.15, 0.2) is 18.1 Å². The fourth-order valence-corrected chi connectivity index (χ4v) is 2.64. The van der Waals surface area contributed by atoms with Crippen molar-refractivity contribution >= 4 is 16.8 Å². The van der Waals surface area contributed by atoms with Crippen molar-refractivity contribution in [3.8, 4) is 17.2 Å². The number of ether oxygens (including phenoxy) is 3. The van der Waals surface area contributed by atoms with Gasteiger partial charge in [0.1, 0.15) is 11.3 Å². The Morgan fingerprint density at radius 2 is 2.00 bits per heavy atom. The van der Waals surface area contributed by atoms with Crippen molar-refractivity contribution in [3.05, 3.63) is 60.3 Å². The molecule has 1 aromatic heterocycles. The first-order chi connectivity index (χ1) is 12.3. The van der Waals surface area contributed by atoms with E-state index in [-0.39, 0.29) is 19.3 Å². The van der Waals surface area contributed by atoms with Crippen molar-refractivity contribution in [2.75, 3.05) is 13.4 Å². The second-order valence-corrected chi connectivity index (χ2v) is 5.58. The molecule has 0 atom stereocenters. The van der Waals surface area contributed by atoms with E-state index in [1.807, 2.05) is 42.5 Å². The molecule has 0 saturated heterocycles. The monoisotopic (exact) mass is 336 g/mol. The van der Waals surface area contributed by atoms with Gasteiger partial charge in [-0.15, -0.1) is 0 Å². The van der Waals surface area contributed by atoms with Crippen LogP contribution in [0.5, 0.6) is 17.2 Å². The number of carbonyl (C=O) groups excluding carboxylic acids is 1. The predicted octanol–water partition coefficient (Wildman–Crippen LogP) is 2.66. The lowest BCUT2D eigenvalue weighted by Gasteiger charge is -2.09. The summed E-state index contributed by atoms with van der Waals surface area (Å²) in [6.45, 7) is 0.560. The van der Waals surface area contributed by atoms with E-state index < -0.39 is 0 Å². The fraction of sp³-hybridized carbons (Fsp3) is 0.158. The summed E-state index contributed by atoms with van der Waals surface area (Å²) in [7, 11) is 0. The molecule has 0 aliphatic carbocycles. The van der Waals surface area contributed by atoms with E-state index in [4.69, 9.17) is 14.2 Å². The van der Waals surface area contributed by atoms with Gasteiger partial charge < -0.3 is 19.5 Å². The number of rotatable bonds is 5. The zero-order valence-corrected chi connectivity index (χ0v) is 13.4. The van der Waals surface area contributed by atoms with Crippen LogP contribution in [0.3, 0.4) is 0 Å². The fourth-order valence-electron chi connectivity index (χ4n) is 2.64. The van der Waals surface area contributed by atoms with E-state index in [0.29, 0.717) is 18.0 Å². The number of amides is 1. The zero-order chi connectivity index (χ0) is 17.1. The van der Waals surface area contributed by atoms with Crippen molar-refractivity contribution in [1.29, 1.82) is 0 Å². The SMILES string of the molecule is O=C(COc1cccc2cccnc12)NCc1ccc2c(c1)OCO2. The summed E-state index contributed by atoms with van der Waals surface area (Å²) >= 11 is 0. The Morgan fingerprint density at radius 3 is 2.96 bits per heavy atom. The van der Waals surface area contributed by atoms with E-state index in [2.05, 4.69) is 10.3 Å². The molecule has 0 spiro atoms. The third-order valence-electron chi connectivity index (χ3n) is 3.88. The minimum absolute atomic E-state index is 0.0692. The van der Waals surface area contributed by atoms with Crippen LogP contribution in [0.1, 0.15) is 5.56 Å². The summed E-state index contributed by atoms with van der Waals surface area (Å²) < 4.78 is 16.2. The molecule has 0 unspecified atom stereocenters. The summed E-state index contributed by atoms with van der Waals surface area (Å²) in [5, 5.41) is 3.80. The van der Waals surface area contributed by atoms with Crippen molar-refractivity contribution in [1.82, 2.24) is 10.3 Å². The number of nitrogens with zero attached hydrogens (tertiary/aromatic N) is 1. The van der Waals surface area contributed by atoms with Crippen LogP contribution >= 0.6 is 0 Å². The molecule has 2 heterocycles. The quantitative estimate of drug-likeness (QED) is 0.776. The molecule has 25 heavy (non-hydrogen) atoms. The predicted molar refractivity (Wildman–Crippen MR) is 91.6 cm³/mol. The summed E-state index contributed by atoms with van der Waals surface area (Å²) in [6.07, 6.45) is 1.70. The third kappa shape index (κ3) is 3.33. The van der Waals surface area contributed by atoms with Crippen LogP contribution < -0.4 is 19.5 Å². The lowest BCUT2D eigenvalue weighted by molar-refractivity contribution is -0.123.